The first-order valence-electron chi connectivity index (χ1n) is 4.20. The van der Waals surface area contributed by atoms with E-state index in [9.17, 15) is 18.0 Å². The maximum absolute atomic E-state index is 12.4. The highest BCUT2D eigenvalue weighted by molar-refractivity contribution is 5.92. The zero-order valence-corrected chi connectivity index (χ0v) is 8.55. The smallest absolute Gasteiger partial charge is 0.418 e. The van der Waals surface area contributed by atoms with Gasteiger partial charge in [0.25, 0.3) is 0 Å². The van der Waals surface area contributed by atoms with Crippen LogP contribution in [0.5, 0.6) is 0 Å². The van der Waals surface area contributed by atoms with Gasteiger partial charge in [-0.05, 0) is 13.0 Å². The zero-order valence-electron chi connectivity index (χ0n) is 8.55. The Labute approximate surface area is 89.2 Å². The number of nitrogen functional groups attached to an aromatic ring is 1. The SMILES string of the molecule is COC(=O)c1nc(C)c(C(F)(F)F)cc1N. The van der Waals surface area contributed by atoms with E-state index in [1.807, 2.05) is 0 Å². The number of aromatic nitrogens is 1. The Balaban J connectivity index is 3.33. The standard InChI is InChI=1S/C9H9F3N2O2/c1-4-5(9(10,11)12)3-6(13)7(14-4)8(15)16-2/h3H,13H2,1-2H3. The lowest BCUT2D eigenvalue weighted by molar-refractivity contribution is -0.138. The largest absolute Gasteiger partial charge is 0.464 e. The number of anilines is 1. The first-order chi connectivity index (χ1) is 7.27. The quantitative estimate of drug-likeness (QED) is 0.752. The Kier molecular flexibility index (Phi) is 3.06. The molecule has 16 heavy (non-hydrogen) atoms. The number of hydrogen-bond donors (Lipinski definition) is 1. The number of esters is 1. The molecule has 0 unspecified atom stereocenters. The molecule has 0 radical (unpaired) electrons. The van der Waals surface area contributed by atoms with Gasteiger partial charge in [0.2, 0.25) is 0 Å². The van der Waals surface area contributed by atoms with Crippen LogP contribution in [0.25, 0.3) is 0 Å². The highest BCUT2D eigenvalue weighted by atomic mass is 19.4. The van der Waals surface area contributed by atoms with Crippen LogP contribution in [-0.4, -0.2) is 18.1 Å². The molecule has 0 spiro atoms. The molecule has 0 aliphatic carbocycles. The summed E-state index contributed by atoms with van der Waals surface area (Å²) >= 11 is 0. The van der Waals surface area contributed by atoms with Crippen molar-refractivity contribution < 1.29 is 22.7 Å². The molecule has 0 fully saturated rings. The van der Waals surface area contributed by atoms with Gasteiger partial charge in [0, 0.05) is 0 Å². The predicted molar refractivity (Wildman–Crippen MR) is 49.7 cm³/mol. The molecule has 0 aliphatic rings. The first-order valence-corrected chi connectivity index (χ1v) is 4.20. The number of carbonyl (C=O) groups excluding carboxylic acids is 1. The molecule has 0 bridgehead atoms. The normalized spacial score (nSPS) is 11.3. The van der Waals surface area contributed by atoms with Gasteiger partial charge in [0.15, 0.2) is 5.69 Å². The summed E-state index contributed by atoms with van der Waals surface area (Å²) in [5, 5.41) is 0. The highest BCUT2D eigenvalue weighted by Crippen LogP contribution is 2.32. The van der Waals surface area contributed by atoms with Crippen molar-refractivity contribution in [2.45, 2.75) is 13.1 Å². The fourth-order valence-corrected chi connectivity index (χ4v) is 1.17. The topological polar surface area (TPSA) is 65.2 Å². The van der Waals surface area contributed by atoms with Gasteiger partial charge in [-0.3, -0.25) is 0 Å². The van der Waals surface area contributed by atoms with Gasteiger partial charge in [-0.15, -0.1) is 0 Å². The highest BCUT2D eigenvalue weighted by Gasteiger charge is 2.34. The lowest BCUT2D eigenvalue weighted by Gasteiger charge is -2.12. The van der Waals surface area contributed by atoms with Crippen molar-refractivity contribution in [1.82, 2.24) is 4.98 Å². The molecule has 0 aliphatic heterocycles. The number of halogens is 3. The van der Waals surface area contributed by atoms with Crippen LogP contribution in [0.1, 0.15) is 21.7 Å². The predicted octanol–water partition coefficient (Wildman–Crippen LogP) is 1.78. The van der Waals surface area contributed by atoms with Crippen LogP contribution in [0.4, 0.5) is 18.9 Å². The molecule has 2 N–H and O–H groups in total. The van der Waals surface area contributed by atoms with E-state index in [1.54, 1.807) is 0 Å². The minimum absolute atomic E-state index is 0.312. The summed E-state index contributed by atoms with van der Waals surface area (Å²) in [6.07, 6.45) is -4.54. The summed E-state index contributed by atoms with van der Waals surface area (Å²) in [4.78, 5) is 14.6. The van der Waals surface area contributed by atoms with E-state index >= 15 is 0 Å². The van der Waals surface area contributed by atoms with E-state index in [0.717, 1.165) is 14.0 Å². The van der Waals surface area contributed by atoms with Crippen molar-refractivity contribution in [2.24, 2.45) is 0 Å². The van der Waals surface area contributed by atoms with Crippen LogP contribution in [0, 0.1) is 6.92 Å². The van der Waals surface area contributed by atoms with Gasteiger partial charge in [-0.1, -0.05) is 0 Å². The summed E-state index contributed by atoms with van der Waals surface area (Å²) in [5.74, 6) is -0.866. The number of pyridine rings is 1. The third-order valence-corrected chi connectivity index (χ3v) is 1.93. The van der Waals surface area contributed by atoms with E-state index < -0.39 is 17.7 Å². The molecular formula is C9H9F3N2O2. The molecule has 7 heteroatoms. The Hall–Kier alpha value is -1.79. The van der Waals surface area contributed by atoms with Gasteiger partial charge in [-0.2, -0.15) is 13.2 Å². The van der Waals surface area contributed by atoms with E-state index in [2.05, 4.69) is 9.72 Å². The Morgan fingerprint density at radius 1 is 1.50 bits per heavy atom. The van der Waals surface area contributed by atoms with Crippen molar-refractivity contribution in [3.8, 4) is 0 Å². The van der Waals surface area contributed by atoms with Gasteiger partial charge in [-0.25, -0.2) is 9.78 Å². The molecule has 1 heterocycles. The molecule has 0 saturated carbocycles. The first kappa shape index (κ1) is 12.3. The van der Waals surface area contributed by atoms with Crippen LogP contribution in [0.2, 0.25) is 0 Å². The number of nitrogens with two attached hydrogens (primary N) is 1. The van der Waals surface area contributed by atoms with Gasteiger partial charge < -0.3 is 10.5 Å². The third-order valence-electron chi connectivity index (χ3n) is 1.93. The average Bonchev–Trinajstić information content (AvgIpc) is 2.18. The van der Waals surface area contributed by atoms with Crippen LogP contribution in [0.15, 0.2) is 6.07 Å². The summed E-state index contributed by atoms with van der Waals surface area (Å²) in [6, 6.07) is 0.675. The lowest BCUT2D eigenvalue weighted by Crippen LogP contribution is -2.15. The molecule has 0 saturated heterocycles. The summed E-state index contributed by atoms with van der Waals surface area (Å²) in [7, 11) is 1.09. The number of ether oxygens (including phenoxy) is 1. The van der Waals surface area contributed by atoms with E-state index in [1.165, 1.54) is 0 Å². The fraction of sp³-hybridized carbons (Fsp3) is 0.333. The van der Waals surface area contributed by atoms with Gasteiger partial charge in [0.1, 0.15) is 0 Å². The molecule has 1 rings (SSSR count). The zero-order chi connectivity index (χ0) is 12.5. The summed E-state index contributed by atoms with van der Waals surface area (Å²) in [6.45, 7) is 1.15. The Morgan fingerprint density at radius 2 is 2.06 bits per heavy atom. The molecular weight excluding hydrogens is 225 g/mol. The van der Waals surface area contributed by atoms with Crippen LogP contribution in [-0.2, 0) is 10.9 Å². The molecule has 1 aromatic heterocycles. The second kappa shape index (κ2) is 3.99. The maximum atomic E-state index is 12.4. The second-order valence-corrected chi connectivity index (χ2v) is 3.05. The fourth-order valence-electron chi connectivity index (χ4n) is 1.17. The molecule has 1 aromatic rings. The number of methoxy groups -OCH3 is 1. The number of alkyl halides is 3. The van der Waals surface area contributed by atoms with Crippen LogP contribution < -0.4 is 5.73 Å². The minimum atomic E-state index is -4.54. The van der Waals surface area contributed by atoms with E-state index in [4.69, 9.17) is 5.73 Å². The molecule has 0 aromatic carbocycles. The number of nitrogens with zero attached hydrogens (tertiary/aromatic N) is 1. The monoisotopic (exact) mass is 234 g/mol. The summed E-state index contributed by atoms with van der Waals surface area (Å²) in [5.41, 5.74) is 3.35. The van der Waals surface area contributed by atoms with Crippen molar-refractivity contribution >= 4 is 11.7 Å². The van der Waals surface area contributed by atoms with Gasteiger partial charge >= 0.3 is 12.1 Å². The van der Waals surface area contributed by atoms with Crippen molar-refractivity contribution in [1.29, 1.82) is 0 Å². The molecule has 4 nitrogen and oxygen atoms in total. The number of carbonyl (C=O) groups is 1. The van der Waals surface area contributed by atoms with E-state index in [0.29, 0.717) is 6.07 Å². The second-order valence-electron chi connectivity index (χ2n) is 3.05. The maximum Gasteiger partial charge on any atom is 0.418 e. The minimum Gasteiger partial charge on any atom is -0.464 e. The van der Waals surface area contributed by atoms with Crippen LogP contribution in [0.3, 0.4) is 0 Å². The number of aryl methyl sites for hydroxylation is 1. The van der Waals surface area contributed by atoms with Crippen molar-refractivity contribution in [3.05, 3.63) is 23.0 Å². The van der Waals surface area contributed by atoms with Crippen molar-refractivity contribution in [3.63, 3.8) is 0 Å². The Bertz CT molecular complexity index is 429. The van der Waals surface area contributed by atoms with Crippen LogP contribution >= 0.6 is 0 Å². The Morgan fingerprint density at radius 3 is 2.50 bits per heavy atom. The van der Waals surface area contributed by atoms with Crippen molar-refractivity contribution in [2.75, 3.05) is 12.8 Å². The lowest BCUT2D eigenvalue weighted by atomic mass is 10.1. The summed E-state index contributed by atoms with van der Waals surface area (Å²) < 4.78 is 41.6. The molecule has 88 valence electrons. The van der Waals surface area contributed by atoms with Gasteiger partial charge in [0.05, 0.1) is 24.1 Å². The average molecular weight is 234 g/mol. The third kappa shape index (κ3) is 2.23. The number of rotatable bonds is 1. The van der Waals surface area contributed by atoms with E-state index in [-0.39, 0.29) is 17.1 Å². The number of hydrogen-bond acceptors (Lipinski definition) is 4. The molecule has 0 amide bonds. The molecule has 0 atom stereocenters.